The second-order valence-electron chi connectivity index (χ2n) is 4.34. The molecule has 20 heavy (non-hydrogen) atoms. The molecule has 0 fully saturated rings. The zero-order valence-corrected chi connectivity index (χ0v) is 14.4. The predicted octanol–water partition coefficient (Wildman–Crippen LogP) is 5.03. The van der Waals surface area contributed by atoms with E-state index < -0.39 is 0 Å². The molecule has 0 aromatic heterocycles. The molecule has 0 aliphatic heterocycles. The van der Waals surface area contributed by atoms with Crippen molar-refractivity contribution in [3.8, 4) is 17.2 Å². The van der Waals surface area contributed by atoms with E-state index in [2.05, 4.69) is 31.9 Å². The topological polar surface area (TPSA) is 44.5 Å². The van der Waals surface area contributed by atoms with Crippen LogP contribution in [0.4, 0.5) is 0 Å². The molecule has 0 heterocycles. The third-order valence-corrected chi connectivity index (χ3v) is 3.93. The van der Waals surface area contributed by atoms with Crippen LogP contribution in [-0.2, 0) is 0 Å². The van der Waals surface area contributed by atoms with E-state index in [1.165, 1.54) is 0 Å². The van der Waals surface area contributed by atoms with Crippen LogP contribution in [0.2, 0.25) is 0 Å². The van der Waals surface area contributed by atoms with Gasteiger partial charge in [-0.2, -0.15) is 0 Å². The number of benzene rings is 2. The lowest BCUT2D eigenvalue weighted by molar-refractivity contribution is 0.397. The molecule has 0 bridgehead atoms. The SMILES string of the molecule is COc1cccc(Oc2ccc(Br)cc2Br)c1[C@H](C)N. The van der Waals surface area contributed by atoms with Crippen molar-refractivity contribution in [2.24, 2.45) is 5.73 Å². The maximum atomic E-state index is 6.03. The maximum absolute atomic E-state index is 6.03. The molecule has 2 rings (SSSR count). The van der Waals surface area contributed by atoms with Gasteiger partial charge in [0.05, 0.1) is 17.1 Å². The average molecular weight is 401 g/mol. The average Bonchev–Trinajstić information content (AvgIpc) is 2.41. The molecule has 2 aromatic carbocycles. The molecule has 0 aliphatic carbocycles. The third-order valence-electron chi connectivity index (χ3n) is 2.82. The van der Waals surface area contributed by atoms with Gasteiger partial charge in [0.25, 0.3) is 0 Å². The predicted molar refractivity (Wildman–Crippen MR) is 87.5 cm³/mol. The van der Waals surface area contributed by atoms with E-state index >= 15 is 0 Å². The lowest BCUT2D eigenvalue weighted by Crippen LogP contribution is -2.08. The Morgan fingerprint density at radius 3 is 2.35 bits per heavy atom. The Morgan fingerprint density at radius 1 is 1.05 bits per heavy atom. The highest BCUT2D eigenvalue weighted by atomic mass is 79.9. The molecular formula is C15H15Br2NO2. The van der Waals surface area contributed by atoms with Crippen LogP contribution in [0.15, 0.2) is 45.3 Å². The van der Waals surface area contributed by atoms with Gasteiger partial charge in [-0.25, -0.2) is 0 Å². The molecule has 2 aromatic rings. The van der Waals surface area contributed by atoms with Crippen molar-refractivity contribution in [3.63, 3.8) is 0 Å². The molecular weight excluding hydrogens is 386 g/mol. The number of rotatable bonds is 4. The first-order valence-electron chi connectivity index (χ1n) is 6.08. The Bertz CT molecular complexity index is 615. The van der Waals surface area contributed by atoms with E-state index in [0.717, 1.165) is 26.0 Å². The molecule has 0 saturated carbocycles. The molecule has 0 spiro atoms. The number of hydrogen-bond donors (Lipinski definition) is 1. The summed E-state index contributed by atoms with van der Waals surface area (Å²) in [6.07, 6.45) is 0. The fraction of sp³-hybridized carbons (Fsp3) is 0.200. The van der Waals surface area contributed by atoms with Gasteiger partial charge < -0.3 is 15.2 Å². The molecule has 0 aliphatic rings. The Hall–Kier alpha value is -1.04. The summed E-state index contributed by atoms with van der Waals surface area (Å²) in [7, 11) is 1.63. The fourth-order valence-electron chi connectivity index (χ4n) is 1.92. The monoisotopic (exact) mass is 399 g/mol. The summed E-state index contributed by atoms with van der Waals surface area (Å²) in [5, 5.41) is 0. The van der Waals surface area contributed by atoms with Gasteiger partial charge in [0, 0.05) is 10.5 Å². The maximum Gasteiger partial charge on any atom is 0.141 e. The first kappa shape index (κ1) is 15.4. The van der Waals surface area contributed by atoms with E-state index in [-0.39, 0.29) is 6.04 Å². The van der Waals surface area contributed by atoms with E-state index in [1.807, 2.05) is 43.3 Å². The summed E-state index contributed by atoms with van der Waals surface area (Å²) in [5.41, 5.74) is 6.88. The standard InChI is InChI=1S/C15H15Br2NO2/c1-9(18)15-13(19-2)4-3-5-14(15)20-12-7-6-10(16)8-11(12)17/h3-9H,18H2,1-2H3/t9-/m0/s1. The first-order valence-corrected chi connectivity index (χ1v) is 7.67. The van der Waals surface area contributed by atoms with Crippen LogP contribution in [0.1, 0.15) is 18.5 Å². The van der Waals surface area contributed by atoms with Crippen LogP contribution < -0.4 is 15.2 Å². The molecule has 0 unspecified atom stereocenters. The summed E-state index contributed by atoms with van der Waals surface area (Å²) in [6.45, 7) is 1.90. The van der Waals surface area contributed by atoms with Gasteiger partial charge >= 0.3 is 0 Å². The van der Waals surface area contributed by atoms with Gasteiger partial charge in [0.15, 0.2) is 0 Å². The number of hydrogen-bond acceptors (Lipinski definition) is 3. The summed E-state index contributed by atoms with van der Waals surface area (Å²) < 4.78 is 13.2. The highest BCUT2D eigenvalue weighted by molar-refractivity contribution is 9.11. The van der Waals surface area contributed by atoms with Crippen LogP contribution in [-0.4, -0.2) is 7.11 Å². The molecule has 106 valence electrons. The van der Waals surface area contributed by atoms with Crippen molar-refractivity contribution in [3.05, 3.63) is 50.9 Å². The Balaban J connectivity index is 2.43. The molecule has 0 radical (unpaired) electrons. The third kappa shape index (κ3) is 3.34. The quantitative estimate of drug-likeness (QED) is 0.782. The summed E-state index contributed by atoms with van der Waals surface area (Å²) in [5.74, 6) is 2.15. The highest BCUT2D eigenvalue weighted by Crippen LogP contribution is 2.38. The van der Waals surface area contributed by atoms with Gasteiger partial charge in [-0.05, 0) is 53.2 Å². The van der Waals surface area contributed by atoms with Crippen molar-refractivity contribution in [2.45, 2.75) is 13.0 Å². The van der Waals surface area contributed by atoms with Crippen molar-refractivity contribution in [2.75, 3.05) is 7.11 Å². The van der Waals surface area contributed by atoms with Crippen LogP contribution in [0.25, 0.3) is 0 Å². The smallest absolute Gasteiger partial charge is 0.141 e. The van der Waals surface area contributed by atoms with Crippen molar-refractivity contribution in [1.29, 1.82) is 0 Å². The molecule has 1 atom stereocenters. The van der Waals surface area contributed by atoms with Gasteiger partial charge in [-0.3, -0.25) is 0 Å². The van der Waals surface area contributed by atoms with E-state index in [1.54, 1.807) is 7.11 Å². The fourth-order valence-corrected chi connectivity index (χ4v) is 3.04. The number of ether oxygens (including phenoxy) is 2. The molecule has 3 nitrogen and oxygen atoms in total. The zero-order valence-electron chi connectivity index (χ0n) is 11.2. The van der Waals surface area contributed by atoms with Crippen LogP contribution >= 0.6 is 31.9 Å². The van der Waals surface area contributed by atoms with Gasteiger partial charge in [0.2, 0.25) is 0 Å². The molecule has 0 amide bonds. The highest BCUT2D eigenvalue weighted by Gasteiger charge is 2.15. The second-order valence-corrected chi connectivity index (χ2v) is 6.11. The zero-order chi connectivity index (χ0) is 14.7. The molecule has 2 N–H and O–H groups in total. The number of nitrogens with two attached hydrogens (primary N) is 1. The summed E-state index contributed by atoms with van der Waals surface area (Å²) >= 11 is 6.90. The number of halogens is 2. The lowest BCUT2D eigenvalue weighted by Gasteiger charge is -2.17. The van der Waals surface area contributed by atoms with Crippen molar-refractivity contribution >= 4 is 31.9 Å². The summed E-state index contributed by atoms with van der Waals surface area (Å²) in [6, 6.07) is 11.2. The van der Waals surface area contributed by atoms with Gasteiger partial charge in [-0.15, -0.1) is 0 Å². The van der Waals surface area contributed by atoms with Gasteiger partial charge in [0.1, 0.15) is 17.2 Å². The van der Waals surface area contributed by atoms with Crippen LogP contribution in [0.5, 0.6) is 17.2 Å². The van der Waals surface area contributed by atoms with Crippen LogP contribution in [0, 0.1) is 0 Å². The first-order chi connectivity index (χ1) is 9.52. The minimum absolute atomic E-state index is 0.185. The molecule has 5 heteroatoms. The van der Waals surface area contributed by atoms with Crippen LogP contribution in [0.3, 0.4) is 0 Å². The lowest BCUT2D eigenvalue weighted by atomic mass is 10.1. The number of methoxy groups -OCH3 is 1. The minimum Gasteiger partial charge on any atom is -0.496 e. The van der Waals surface area contributed by atoms with Gasteiger partial charge in [-0.1, -0.05) is 22.0 Å². The minimum atomic E-state index is -0.185. The van der Waals surface area contributed by atoms with E-state index in [4.69, 9.17) is 15.2 Å². The van der Waals surface area contributed by atoms with E-state index in [0.29, 0.717) is 5.75 Å². The normalized spacial score (nSPS) is 12.1. The Morgan fingerprint density at radius 2 is 1.75 bits per heavy atom. The van der Waals surface area contributed by atoms with Crippen molar-refractivity contribution in [1.82, 2.24) is 0 Å². The Labute approximate surface area is 135 Å². The second kappa shape index (κ2) is 6.61. The Kier molecular flexibility index (Phi) is 5.07. The van der Waals surface area contributed by atoms with E-state index in [9.17, 15) is 0 Å². The summed E-state index contributed by atoms with van der Waals surface area (Å²) in [4.78, 5) is 0. The molecule has 0 saturated heterocycles. The largest absolute Gasteiger partial charge is 0.496 e. The van der Waals surface area contributed by atoms with Crippen molar-refractivity contribution < 1.29 is 9.47 Å².